The van der Waals surface area contributed by atoms with Crippen molar-refractivity contribution in [2.45, 2.75) is 18.9 Å². The molecule has 0 radical (unpaired) electrons. The van der Waals surface area contributed by atoms with Crippen LogP contribution >= 0.6 is 12.2 Å². The van der Waals surface area contributed by atoms with Crippen LogP contribution in [0.5, 0.6) is 11.5 Å². The minimum Gasteiger partial charge on any atom is -0.504 e. The van der Waals surface area contributed by atoms with Crippen LogP contribution in [0.4, 0.5) is 5.69 Å². The van der Waals surface area contributed by atoms with Crippen LogP contribution in [0.15, 0.2) is 29.3 Å². The number of thiocarbonyl (C=S) groups is 1. The molecule has 0 spiro atoms. The zero-order valence-corrected chi connectivity index (χ0v) is 14.5. The van der Waals surface area contributed by atoms with Crippen molar-refractivity contribution in [2.75, 3.05) is 20.7 Å². The number of phenolic OH excluding ortho intramolecular Hbond substituents is 1. The van der Waals surface area contributed by atoms with Crippen LogP contribution in [0.1, 0.15) is 22.7 Å². The quantitative estimate of drug-likeness (QED) is 0.666. The Morgan fingerprint density at radius 1 is 1.33 bits per heavy atom. The Hall–Kier alpha value is -2.20. The highest BCUT2D eigenvalue weighted by atomic mass is 32.1. The largest absolute Gasteiger partial charge is 0.504 e. The van der Waals surface area contributed by atoms with E-state index in [0.717, 1.165) is 41.8 Å². The van der Waals surface area contributed by atoms with E-state index in [9.17, 15) is 5.11 Å². The van der Waals surface area contributed by atoms with Gasteiger partial charge in [-0.15, -0.1) is 0 Å². The van der Waals surface area contributed by atoms with Crippen LogP contribution < -0.4 is 4.74 Å². The van der Waals surface area contributed by atoms with Crippen LogP contribution in [0, 0.1) is 0 Å². The zero-order valence-electron chi connectivity index (χ0n) is 13.7. The Labute approximate surface area is 146 Å². The Morgan fingerprint density at radius 2 is 2.17 bits per heavy atom. The number of aromatic hydroxyl groups is 1. The SMILES string of the molecule is COc1ccc2c(c1O)-c1cc(N=C=S)cc3c1C(C2)N(C)CC3. The van der Waals surface area contributed by atoms with Crippen molar-refractivity contribution >= 4 is 23.1 Å². The number of hydrogen-bond donors (Lipinski definition) is 1. The van der Waals surface area contributed by atoms with Gasteiger partial charge < -0.3 is 9.84 Å². The Morgan fingerprint density at radius 3 is 2.92 bits per heavy atom. The van der Waals surface area contributed by atoms with Gasteiger partial charge in [0.05, 0.1) is 18.0 Å². The Kier molecular flexibility index (Phi) is 3.65. The Bertz CT molecular complexity index is 887. The summed E-state index contributed by atoms with van der Waals surface area (Å²) in [7, 11) is 3.73. The van der Waals surface area contributed by atoms with Gasteiger partial charge in [-0.3, -0.25) is 4.90 Å². The Balaban J connectivity index is 2.05. The number of methoxy groups -OCH3 is 1. The standard InChI is InChI=1S/C19H18N2O2S/c1-21-6-5-12-7-13(20-10-24)9-14-17(12)15(21)8-11-3-4-16(23-2)19(22)18(11)14/h3-4,7,9,15,22H,5-6,8H2,1-2H3. The lowest BCUT2D eigenvalue weighted by Gasteiger charge is -2.40. The highest BCUT2D eigenvalue weighted by Gasteiger charge is 2.34. The number of benzene rings is 2. The van der Waals surface area contributed by atoms with Gasteiger partial charge in [0.1, 0.15) is 0 Å². The molecule has 5 heteroatoms. The molecular formula is C19H18N2O2S. The molecule has 24 heavy (non-hydrogen) atoms. The van der Waals surface area contributed by atoms with Crippen molar-refractivity contribution < 1.29 is 9.84 Å². The van der Waals surface area contributed by atoms with Crippen molar-refractivity contribution in [3.05, 3.63) is 41.0 Å². The number of isothiocyanates is 1. The van der Waals surface area contributed by atoms with Crippen molar-refractivity contribution in [1.29, 1.82) is 0 Å². The molecule has 1 atom stereocenters. The van der Waals surface area contributed by atoms with Crippen LogP contribution in [0.2, 0.25) is 0 Å². The zero-order chi connectivity index (χ0) is 16.8. The molecule has 2 aromatic carbocycles. The van der Waals surface area contributed by atoms with E-state index < -0.39 is 0 Å². The molecule has 1 unspecified atom stereocenters. The molecule has 1 aliphatic carbocycles. The minimum atomic E-state index is 0.201. The summed E-state index contributed by atoms with van der Waals surface area (Å²) in [6.07, 6.45) is 1.86. The van der Waals surface area contributed by atoms with Gasteiger partial charge in [-0.1, -0.05) is 6.07 Å². The van der Waals surface area contributed by atoms with Gasteiger partial charge in [0.2, 0.25) is 0 Å². The molecule has 1 aliphatic heterocycles. The molecular weight excluding hydrogens is 320 g/mol. The molecule has 0 amide bonds. The fourth-order valence-electron chi connectivity index (χ4n) is 4.01. The van der Waals surface area contributed by atoms with Gasteiger partial charge in [-0.05, 0) is 72.6 Å². The lowest BCUT2D eigenvalue weighted by atomic mass is 9.76. The van der Waals surface area contributed by atoms with Crippen LogP contribution in [-0.2, 0) is 12.8 Å². The van der Waals surface area contributed by atoms with E-state index in [1.807, 2.05) is 18.2 Å². The maximum Gasteiger partial charge on any atom is 0.165 e. The summed E-state index contributed by atoms with van der Waals surface area (Å²) in [5.41, 5.74) is 6.39. The lowest BCUT2D eigenvalue weighted by Crippen LogP contribution is -2.35. The summed E-state index contributed by atoms with van der Waals surface area (Å²) < 4.78 is 5.31. The number of aliphatic imine (C=N–C) groups is 1. The van der Waals surface area contributed by atoms with E-state index in [4.69, 9.17) is 17.0 Å². The highest BCUT2D eigenvalue weighted by Crippen LogP contribution is 2.51. The highest BCUT2D eigenvalue weighted by molar-refractivity contribution is 7.78. The fraction of sp³-hybridized carbons (Fsp3) is 0.316. The number of phenols is 1. The summed E-state index contributed by atoms with van der Waals surface area (Å²) in [5.74, 6) is 0.696. The predicted molar refractivity (Wildman–Crippen MR) is 97.6 cm³/mol. The fourth-order valence-corrected chi connectivity index (χ4v) is 4.11. The van der Waals surface area contributed by atoms with E-state index >= 15 is 0 Å². The first-order valence-corrected chi connectivity index (χ1v) is 8.39. The van der Waals surface area contributed by atoms with Gasteiger partial charge in [0.15, 0.2) is 11.5 Å². The van der Waals surface area contributed by atoms with E-state index in [0.29, 0.717) is 11.8 Å². The monoisotopic (exact) mass is 338 g/mol. The summed E-state index contributed by atoms with van der Waals surface area (Å²) in [4.78, 5) is 6.56. The smallest absolute Gasteiger partial charge is 0.165 e. The van der Waals surface area contributed by atoms with Crippen LogP contribution in [-0.4, -0.2) is 35.9 Å². The van der Waals surface area contributed by atoms with E-state index in [-0.39, 0.29) is 5.75 Å². The van der Waals surface area contributed by atoms with Crippen molar-refractivity contribution in [3.63, 3.8) is 0 Å². The number of nitrogens with zero attached hydrogens (tertiary/aromatic N) is 2. The predicted octanol–water partition coefficient (Wildman–Crippen LogP) is 3.89. The average Bonchev–Trinajstić information content (AvgIpc) is 2.58. The third-order valence-corrected chi connectivity index (χ3v) is 5.25. The first-order chi connectivity index (χ1) is 11.6. The van der Waals surface area contributed by atoms with Gasteiger partial charge in [0.25, 0.3) is 0 Å². The number of rotatable bonds is 2. The molecule has 2 aliphatic rings. The molecule has 4 nitrogen and oxygen atoms in total. The second kappa shape index (κ2) is 5.71. The summed E-state index contributed by atoms with van der Waals surface area (Å²) in [6, 6.07) is 8.31. The molecule has 2 aromatic rings. The molecule has 1 N–H and O–H groups in total. The molecule has 0 bridgehead atoms. The number of fused-ring (bicyclic) bond motifs is 2. The molecule has 0 aromatic heterocycles. The van der Waals surface area contributed by atoms with Gasteiger partial charge in [0, 0.05) is 18.2 Å². The molecule has 0 fully saturated rings. The number of hydrogen-bond acceptors (Lipinski definition) is 5. The molecule has 0 saturated heterocycles. The maximum atomic E-state index is 10.7. The topological polar surface area (TPSA) is 45.1 Å². The molecule has 0 saturated carbocycles. The van der Waals surface area contributed by atoms with Gasteiger partial charge >= 0.3 is 0 Å². The average molecular weight is 338 g/mol. The van der Waals surface area contributed by atoms with Crippen molar-refractivity contribution in [3.8, 4) is 22.6 Å². The van der Waals surface area contributed by atoms with E-state index in [1.165, 1.54) is 11.1 Å². The van der Waals surface area contributed by atoms with E-state index in [2.05, 4.69) is 28.2 Å². The lowest BCUT2D eigenvalue weighted by molar-refractivity contribution is 0.228. The van der Waals surface area contributed by atoms with Gasteiger partial charge in [-0.25, -0.2) is 0 Å². The van der Waals surface area contributed by atoms with Crippen LogP contribution in [0.3, 0.4) is 0 Å². The second-order valence-electron chi connectivity index (χ2n) is 6.37. The van der Waals surface area contributed by atoms with Gasteiger partial charge in [-0.2, -0.15) is 4.99 Å². The number of likely N-dealkylation sites (N-methyl/N-ethyl adjacent to an activating group) is 1. The summed E-state index contributed by atoms with van der Waals surface area (Å²) in [5, 5.41) is 13.2. The normalized spacial score (nSPS) is 18.3. The third-order valence-electron chi connectivity index (χ3n) is 5.15. The molecule has 4 rings (SSSR count). The first-order valence-electron chi connectivity index (χ1n) is 7.98. The second-order valence-corrected chi connectivity index (χ2v) is 6.55. The summed E-state index contributed by atoms with van der Waals surface area (Å²) in [6.45, 7) is 1.01. The molecule has 1 heterocycles. The molecule has 122 valence electrons. The van der Waals surface area contributed by atoms with E-state index in [1.54, 1.807) is 7.11 Å². The first kappa shape index (κ1) is 15.3. The van der Waals surface area contributed by atoms with Crippen molar-refractivity contribution in [2.24, 2.45) is 4.99 Å². The minimum absolute atomic E-state index is 0.201. The maximum absolute atomic E-state index is 10.7. The summed E-state index contributed by atoms with van der Waals surface area (Å²) >= 11 is 4.77. The van der Waals surface area contributed by atoms with Crippen LogP contribution in [0.25, 0.3) is 11.1 Å². The third kappa shape index (κ3) is 2.17. The van der Waals surface area contributed by atoms with Crippen molar-refractivity contribution in [1.82, 2.24) is 4.90 Å². The number of ether oxygens (including phenoxy) is 1.